The summed E-state index contributed by atoms with van der Waals surface area (Å²) in [4.78, 5) is 22.2. The number of benzene rings is 1. The predicted molar refractivity (Wildman–Crippen MR) is 66.9 cm³/mol. The van der Waals surface area contributed by atoms with Crippen LogP contribution in [0.15, 0.2) is 18.2 Å². The summed E-state index contributed by atoms with van der Waals surface area (Å²) in [7, 11) is 1.38. The third-order valence-corrected chi connectivity index (χ3v) is 2.54. The molecule has 6 nitrogen and oxygen atoms in total. The van der Waals surface area contributed by atoms with Crippen molar-refractivity contribution < 1.29 is 19.4 Å². The summed E-state index contributed by atoms with van der Waals surface area (Å²) in [6.07, 6.45) is 0. The number of halogens is 1. The second-order valence-corrected chi connectivity index (χ2v) is 3.92. The molecule has 0 heterocycles. The van der Waals surface area contributed by atoms with Crippen molar-refractivity contribution in [2.45, 2.75) is 6.04 Å². The average Bonchev–Trinajstić information content (AvgIpc) is 2.27. The fourth-order valence-electron chi connectivity index (χ4n) is 1.42. The number of primary amides is 1. The predicted octanol–water partition coefficient (Wildman–Crippen LogP) is 0.950. The minimum absolute atomic E-state index is 0.0555. The number of hydrogen-bond donors (Lipinski definition) is 3. The molecule has 0 bridgehead atoms. The lowest BCUT2D eigenvalue weighted by Gasteiger charge is -2.17. The number of nitrogens with two attached hydrogens (primary N) is 1. The molecule has 0 aliphatic rings. The van der Waals surface area contributed by atoms with E-state index < -0.39 is 17.9 Å². The van der Waals surface area contributed by atoms with E-state index in [2.05, 4.69) is 5.32 Å². The van der Waals surface area contributed by atoms with Crippen molar-refractivity contribution >= 4 is 29.2 Å². The summed E-state index contributed by atoms with van der Waals surface area (Å²) in [5, 5.41) is 11.8. The minimum Gasteiger partial charge on any atom is -0.480 e. The highest BCUT2D eigenvalue weighted by molar-refractivity contribution is 6.34. The summed E-state index contributed by atoms with van der Waals surface area (Å²) in [5.74, 6) is -1.84. The Morgan fingerprint density at radius 3 is 2.72 bits per heavy atom. The van der Waals surface area contributed by atoms with Gasteiger partial charge in [0.15, 0.2) is 0 Å². The van der Waals surface area contributed by atoms with Crippen molar-refractivity contribution in [2.75, 3.05) is 19.0 Å². The molecule has 0 saturated carbocycles. The zero-order valence-electron chi connectivity index (χ0n) is 9.64. The van der Waals surface area contributed by atoms with E-state index in [1.807, 2.05) is 0 Å². The van der Waals surface area contributed by atoms with Crippen molar-refractivity contribution in [2.24, 2.45) is 5.73 Å². The number of hydrogen-bond acceptors (Lipinski definition) is 4. The summed E-state index contributed by atoms with van der Waals surface area (Å²) in [6, 6.07) is 3.62. The van der Waals surface area contributed by atoms with Gasteiger partial charge in [0.25, 0.3) is 5.91 Å². The highest BCUT2D eigenvalue weighted by Gasteiger charge is 2.20. The Labute approximate surface area is 109 Å². The number of carbonyl (C=O) groups excluding carboxylic acids is 1. The van der Waals surface area contributed by atoms with Crippen LogP contribution in [-0.4, -0.2) is 36.7 Å². The normalized spacial score (nSPS) is 11.9. The molecular formula is C11H13ClN2O4. The first-order valence-electron chi connectivity index (χ1n) is 5.04. The number of anilines is 1. The highest BCUT2D eigenvalue weighted by atomic mass is 35.5. The lowest BCUT2D eigenvalue weighted by Crippen LogP contribution is -2.34. The molecule has 0 aromatic heterocycles. The van der Waals surface area contributed by atoms with Crippen molar-refractivity contribution in [3.05, 3.63) is 28.8 Å². The molecule has 0 aliphatic heterocycles. The van der Waals surface area contributed by atoms with Crippen LogP contribution in [0.1, 0.15) is 10.4 Å². The molecule has 7 heteroatoms. The third-order valence-electron chi connectivity index (χ3n) is 2.22. The molecule has 0 spiro atoms. The zero-order valence-corrected chi connectivity index (χ0v) is 10.4. The Bertz CT molecular complexity index is 464. The lowest BCUT2D eigenvalue weighted by molar-refractivity contribution is -0.139. The molecule has 1 unspecified atom stereocenters. The Morgan fingerprint density at radius 2 is 2.22 bits per heavy atom. The van der Waals surface area contributed by atoms with Gasteiger partial charge in [0.1, 0.15) is 6.04 Å². The summed E-state index contributed by atoms with van der Waals surface area (Å²) < 4.78 is 4.78. The van der Waals surface area contributed by atoms with E-state index in [1.165, 1.54) is 19.2 Å². The van der Waals surface area contributed by atoms with Crippen LogP contribution < -0.4 is 11.1 Å². The van der Waals surface area contributed by atoms with Crippen LogP contribution in [0.3, 0.4) is 0 Å². The first kappa shape index (κ1) is 14.3. The van der Waals surface area contributed by atoms with Crippen LogP contribution in [0.4, 0.5) is 5.69 Å². The van der Waals surface area contributed by atoms with E-state index in [9.17, 15) is 9.59 Å². The summed E-state index contributed by atoms with van der Waals surface area (Å²) in [5.41, 5.74) is 5.52. The summed E-state index contributed by atoms with van der Waals surface area (Å²) in [6.45, 7) is -0.0555. The number of methoxy groups -OCH3 is 1. The monoisotopic (exact) mass is 272 g/mol. The van der Waals surface area contributed by atoms with Crippen LogP contribution in [0, 0.1) is 0 Å². The van der Waals surface area contributed by atoms with Gasteiger partial charge in [-0.1, -0.05) is 17.7 Å². The molecule has 4 N–H and O–H groups in total. The maximum atomic E-state index is 11.3. The first-order valence-corrected chi connectivity index (χ1v) is 5.41. The molecule has 1 amide bonds. The van der Waals surface area contributed by atoms with Gasteiger partial charge in [0.05, 0.1) is 17.2 Å². The van der Waals surface area contributed by atoms with Crippen molar-refractivity contribution in [1.82, 2.24) is 0 Å². The maximum absolute atomic E-state index is 11.3. The second kappa shape index (κ2) is 6.23. The quantitative estimate of drug-likeness (QED) is 0.716. The SMILES string of the molecule is COCC(Nc1cccc(Cl)c1C(N)=O)C(=O)O. The van der Waals surface area contributed by atoms with E-state index >= 15 is 0 Å². The Balaban J connectivity index is 3.06. The Kier molecular flexibility index (Phi) is 4.94. The van der Waals surface area contributed by atoms with E-state index in [0.717, 1.165) is 0 Å². The van der Waals surface area contributed by atoms with Crippen LogP contribution in [-0.2, 0) is 9.53 Å². The lowest BCUT2D eigenvalue weighted by atomic mass is 10.1. The van der Waals surface area contributed by atoms with Gasteiger partial charge in [-0.2, -0.15) is 0 Å². The van der Waals surface area contributed by atoms with Gasteiger partial charge < -0.3 is 20.9 Å². The number of rotatable bonds is 6. The highest BCUT2D eigenvalue weighted by Crippen LogP contribution is 2.24. The number of aliphatic carboxylic acids is 1. The molecule has 0 radical (unpaired) electrons. The number of ether oxygens (including phenoxy) is 1. The fraction of sp³-hybridized carbons (Fsp3) is 0.273. The van der Waals surface area contributed by atoms with E-state index in [-0.39, 0.29) is 22.9 Å². The molecule has 1 atom stereocenters. The van der Waals surface area contributed by atoms with Gasteiger partial charge in [-0.05, 0) is 12.1 Å². The molecular weight excluding hydrogens is 260 g/mol. The van der Waals surface area contributed by atoms with Crippen LogP contribution >= 0.6 is 11.6 Å². The molecule has 18 heavy (non-hydrogen) atoms. The number of nitrogens with one attached hydrogen (secondary N) is 1. The third kappa shape index (κ3) is 3.35. The van der Waals surface area contributed by atoms with Crippen LogP contribution in [0.5, 0.6) is 0 Å². The van der Waals surface area contributed by atoms with Crippen molar-refractivity contribution in [3.63, 3.8) is 0 Å². The molecule has 1 rings (SSSR count). The van der Waals surface area contributed by atoms with Gasteiger partial charge in [0.2, 0.25) is 0 Å². The summed E-state index contributed by atoms with van der Waals surface area (Å²) >= 11 is 5.84. The largest absolute Gasteiger partial charge is 0.480 e. The van der Waals surface area contributed by atoms with Crippen LogP contribution in [0.2, 0.25) is 5.02 Å². The fourth-order valence-corrected chi connectivity index (χ4v) is 1.69. The van der Waals surface area contributed by atoms with Gasteiger partial charge in [0, 0.05) is 12.8 Å². The molecule has 1 aromatic rings. The van der Waals surface area contributed by atoms with Gasteiger partial charge in [-0.15, -0.1) is 0 Å². The smallest absolute Gasteiger partial charge is 0.328 e. The number of amides is 1. The molecule has 98 valence electrons. The first-order chi connectivity index (χ1) is 8.47. The van der Waals surface area contributed by atoms with Crippen molar-refractivity contribution in [1.29, 1.82) is 0 Å². The Morgan fingerprint density at radius 1 is 1.56 bits per heavy atom. The molecule has 1 aromatic carbocycles. The zero-order chi connectivity index (χ0) is 13.7. The number of carbonyl (C=O) groups is 2. The van der Waals surface area contributed by atoms with E-state index in [0.29, 0.717) is 0 Å². The van der Waals surface area contributed by atoms with Gasteiger partial charge in [-0.25, -0.2) is 4.79 Å². The standard InChI is InChI=1S/C11H13ClN2O4/c1-18-5-8(11(16)17)14-7-4-2-3-6(12)9(7)10(13)15/h2-4,8,14H,5H2,1H3,(H2,13,15)(H,16,17). The molecule has 0 fully saturated rings. The van der Waals surface area contributed by atoms with Gasteiger partial charge >= 0.3 is 5.97 Å². The van der Waals surface area contributed by atoms with E-state index in [1.54, 1.807) is 6.07 Å². The minimum atomic E-state index is -1.10. The van der Waals surface area contributed by atoms with Gasteiger partial charge in [-0.3, -0.25) is 4.79 Å². The van der Waals surface area contributed by atoms with Crippen molar-refractivity contribution in [3.8, 4) is 0 Å². The second-order valence-electron chi connectivity index (χ2n) is 3.52. The molecule has 0 aliphatic carbocycles. The number of carboxylic acid groups (broad SMARTS) is 1. The number of carboxylic acids is 1. The average molecular weight is 273 g/mol. The van der Waals surface area contributed by atoms with Crippen LogP contribution in [0.25, 0.3) is 0 Å². The van der Waals surface area contributed by atoms with E-state index in [4.69, 9.17) is 27.2 Å². The molecule has 0 saturated heterocycles. The maximum Gasteiger partial charge on any atom is 0.328 e. The topological polar surface area (TPSA) is 102 Å². The Hall–Kier alpha value is -1.79.